The summed E-state index contributed by atoms with van der Waals surface area (Å²) < 4.78 is 16.6. The van der Waals surface area contributed by atoms with E-state index in [-0.39, 0.29) is 52.4 Å². The van der Waals surface area contributed by atoms with E-state index in [2.05, 4.69) is 22.9 Å². The number of nitrogens with two attached hydrogens (primary N) is 1. The second-order valence-corrected chi connectivity index (χ2v) is 11.4. The van der Waals surface area contributed by atoms with Gasteiger partial charge in [-0.15, -0.1) is 0 Å². The van der Waals surface area contributed by atoms with E-state index in [9.17, 15) is 20.1 Å². The largest absolute Gasteiger partial charge is 0.504 e. The molecule has 0 spiro atoms. The summed E-state index contributed by atoms with van der Waals surface area (Å²) in [5, 5.41) is 41.8. The lowest BCUT2D eigenvalue weighted by Gasteiger charge is -2.45. The van der Waals surface area contributed by atoms with Gasteiger partial charge in [-0.05, 0) is 105 Å². The summed E-state index contributed by atoms with van der Waals surface area (Å²) >= 11 is 0. The van der Waals surface area contributed by atoms with E-state index in [1.807, 2.05) is 0 Å². The molecule has 1 amide bonds. The number of carbonyl (C=O) groups is 1. The van der Waals surface area contributed by atoms with Crippen molar-refractivity contribution in [3.8, 4) is 28.7 Å². The van der Waals surface area contributed by atoms with Gasteiger partial charge in [-0.25, -0.2) is 0 Å². The van der Waals surface area contributed by atoms with Crippen molar-refractivity contribution >= 4 is 5.91 Å². The van der Waals surface area contributed by atoms with Crippen LogP contribution in [0.2, 0.25) is 0 Å². The number of aromatic hydroxyl groups is 3. The van der Waals surface area contributed by atoms with Crippen molar-refractivity contribution in [2.24, 2.45) is 17.6 Å². The highest BCUT2D eigenvalue weighted by Crippen LogP contribution is 2.53. The molecular weight excluding hydrogens is 564 g/mol. The lowest BCUT2D eigenvalue weighted by molar-refractivity contribution is -0.122. The Morgan fingerprint density at radius 1 is 0.818 bits per heavy atom. The smallest absolute Gasteiger partial charge is 0.220 e. The summed E-state index contributed by atoms with van der Waals surface area (Å²) in [7, 11) is 4.60. The Balaban J connectivity index is 1.78. The second-order valence-electron chi connectivity index (χ2n) is 11.4. The van der Waals surface area contributed by atoms with E-state index in [0.29, 0.717) is 19.6 Å². The number of nitrogens with one attached hydrogen (secondary N) is 3. The van der Waals surface area contributed by atoms with Gasteiger partial charge in [0.2, 0.25) is 11.7 Å². The van der Waals surface area contributed by atoms with Crippen LogP contribution in [0.4, 0.5) is 0 Å². The highest BCUT2D eigenvalue weighted by atomic mass is 16.5. The predicted molar refractivity (Wildman–Crippen MR) is 171 cm³/mol. The van der Waals surface area contributed by atoms with Gasteiger partial charge < -0.3 is 51.2 Å². The average Bonchev–Trinajstić information content (AvgIpc) is 3.01. The summed E-state index contributed by atoms with van der Waals surface area (Å²) in [5.41, 5.74) is 7.82. The van der Waals surface area contributed by atoms with Crippen molar-refractivity contribution < 1.29 is 34.3 Å². The van der Waals surface area contributed by atoms with Gasteiger partial charge in [-0.3, -0.25) is 4.79 Å². The number of hydrogen-bond acceptors (Lipinski definition) is 10. The zero-order chi connectivity index (χ0) is 32.1. The molecule has 11 nitrogen and oxygen atoms in total. The molecule has 0 aromatic heterocycles. The lowest BCUT2D eigenvalue weighted by atomic mass is 9.63. The van der Waals surface area contributed by atoms with E-state index >= 15 is 0 Å². The Morgan fingerprint density at radius 2 is 1.41 bits per heavy atom. The van der Waals surface area contributed by atoms with E-state index in [1.54, 1.807) is 31.4 Å². The Kier molecular flexibility index (Phi) is 14.3. The zero-order valence-corrected chi connectivity index (χ0v) is 26.7. The molecule has 11 heteroatoms. The summed E-state index contributed by atoms with van der Waals surface area (Å²) in [6, 6.07) is 6.23. The minimum absolute atomic E-state index is 0.0235. The van der Waals surface area contributed by atoms with Gasteiger partial charge >= 0.3 is 0 Å². The molecule has 1 aliphatic rings. The van der Waals surface area contributed by atoms with Gasteiger partial charge in [0.1, 0.15) is 0 Å². The Labute approximate surface area is 261 Å². The highest BCUT2D eigenvalue weighted by Gasteiger charge is 2.44. The number of phenolic OH excluding ortho intramolecular Hbond substituents is 3. The summed E-state index contributed by atoms with van der Waals surface area (Å²) in [6.45, 7) is 6.84. The Morgan fingerprint density at radius 3 is 1.98 bits per heavy atom. The number of benzene rings is 2. The van der Waals surface area contributed by atoms with Crippen LogP contribution in [0.1, 0.15) is 74.1 Å². The Bertz CT molecular complexity index is 1170. The summed E-state index contributed by atoms with van der Waals surface area (Å²) in [4.78, 5) is 13.3. The first-order chi connectivity index (χ1) is 21.3. The highest BCUT2D eigenvalue weighted by molar-refractivity contribution is 5.76. The molecule has 0 radical (unpaired) electrons. The molecule has 0 heterocycles. The maximum Gasteiger partial charge on any atom is 0.220 e. The number of amides is 1. The third kappa shape index (κ3) is 8.90. The maximum absolute atomic E-state index is 13.3. The number of fused-ring (bicyclic) bond motifs is 1. The number of unbranched alkanes of at least 4 members (excludes halogenated alkanes) is 1. The summed E-state index contributed by atoms with van der Waals surface area (Å²) in [5.74, 6) is -0.548. The Hall–Kier alpha value is -3.25. The monoisotopic (exact) mass is 616 g/mol. The van der Waals surface area contributed by atoms with Crippen LogP contribution in [-0.2, 0) is 9.53 Å². The molecule has 4 atom stereocenters. The van der Waals surface area contributed by atoms with Gasteiger partial charge in [0.15, 0.2) is 23.0 Å². The fraction of sp³-hybridized carbons (Fsp3) is 0.606. The minimum Gasteiger partial charge on any atom is -0.504 e. The number of ether oxygens (including phenoxy) is 3. The van der Waals surface area contributed by atoms with Crippen LogP contribution in [0, 0.1) is 11.8 Å². The van der Waals surface area contributed by atoms with Crippen molar-refractivity contribution in [3.05, 3.63) is 41.0 Å². The molecule has 3 rings (SSSR count). The van der Waals surface area contributed by atoms with Crippen LogP contribution >= 0.6 is 0 Å². The van der Waals surface area contributed by atoms with Gasteiger partial charge in [0.25, 0.3) is 0 Å². The maximum atomic E-state index is 13.3. The van der Waals surface area contributed by atoms with Gasteiger partial charge in [0, 0.05) is 25.4 Å². The first kappa shape index (κ1) is 35.2. The molecule has 2 aromatic rings. The van der Waals surface area contributed by atoms with Crippen molar-refractivity contribution in [3.63, 3.8) is 0 Å². The van der Waals surface area contributed by atoms with Crippen LogP contribution in [0.5, 0.6) is 28.7 Å². The van der Waals surface area contributed by atoms with Crippen LogP contribution in [-0.4, -0.2) is 81.9 Å². The lowest BCUT2D eigenvalue weighted by Crippen LogP contribution is -2.44. The minimum atomic E-state index is -0.434. The molecule has 0 aliphatic heterocycles. The fourth-order valence-electron chi connectivity index (χ4n) is 6.36. The molecule has 0 saturated heterocycles. The van der Waals surface area contributed by atoms with E-state index in [1.165, 1.54) is 14.2 Å². The molecule has 0 fully saturated rings. The van der Waals surface area contributed by atoms with E-state index < -0.39 is 6.04 Å². The molecule has 8 N–H and O–H groups in total. The molecule has 246 valence electrons. The first-order valence-corrected chi connectivity index (χ1v) is 15.7. The fourth-order valence-corrected chi connectivity index (χ4v) is 6.36. The predicted octanol–water partition coefficient (Wildman–Crippen LogP) is 3.50. The topological polar surface area (TPSA) is 168 Å². The molecule has 0 bridgehead atoms. The molecule has 0 saturated carbocycles. The number of hydrogen-bond donors (Lipinski definition) is 7. The normalized spacial score (nSPS) is 19.4. The third-order valence-corrected chi connectivity index (χ3v) is 8.54. The SMILES string of the molecule is CC[C@@H]1[C@H](c2cc(OC)c(O)c(OC)c2)c2cc(O)c(O)cc2[C@@H](NC(=O)CCCCNCCCNCCCN)[C@H]1COC. The average molecular weight is 617 g/mol. The van der Waals surface area contributed by atoms with Crippen molar-refractivity contribution in [2.75, 3.05) is 60.7 Å². The third-order valence-electron chi connectivity index (χ3n) is 8.54. The van der Waals surface area contributed by atoms with E-state index in [4.69, 9.17) is 19.9 Å². The van der Waals surface area contributed by atoms with E-state index in [0.717, 1.165) is 75.0 Å². The molecule has 1 aliphatic carbocycles. The van der Waals surface area contributed by atoms with Gasteiger partial charge in [0.05, 0.1) is 26.9 Å². The first-order valence-electron chi connectivity index (χ1n) is 15.7. The van der Waals surface area contributed by atoms with Crippen molar-refractivity contribution in [1.82, 2.24) is 16.0 Å². The number of carbonyl (C=O) groups excluding carboxylic acids is 1. The molecule has 0 unspecified atom stereocenters. The quantitative estimate of drug-likeness (QED) is 0.0917. The molecular formula is C33H52N4O7. The van der Waals surface area contributed by atoms with Crippen LogP contribution in [0.15, 0.2) is 24.3 Å². The molecule has 44 heavy (non-hydrogen) atoms. The van der Waals surface area contributed by atoms with Gasteiger partial charge in [-0.2, -0.15) is 0 Å². The zero-order valence-electron chi connectivity index (χ0n) is 26.7. The summed E-state index contributed by atoms with van der Waals surface area (Å²) in [6.07, 6.45) is 4.78. The van der Waals surface area contributed by atoms with Crippen LogP contribution < -0.4 is 31.2 Å². The molecule has 2 aromatic carbocycles. The van der Waals surface area contributed by atoms with Gasteiger partial charge in [-0.1, -0.05) is 13.3 Å². The standard InChI is InChI=1S/C33H52N4O7/c1-5-22-25(20-42-2)32(37-30(40)10-6-7-12-35-14-9-15-36-13-8-11-34)24-19-27(39)26(38)18-23(24)31(22)21-16-28(43-3)33(41)29(17-21)44-4/h16-19,22,25,31-32,35-36,38-39,41H,5-15,20,34H2,1-4H3,(H,37,40)/t22-,25-,31-,32+/m0/s1. The van der Waals surface area contributed by atoms with Crippen LogP contribution in [0.3, 0.4) is 0 Å². The van der Waals surface area contributed by atoms with Crippen molar-refractivity contribution in [1.29, 1.82) is 0 Å². The number of methoxy groups -OCH3 is 3. The second kappa shape index (κ2) is 17.9. The number of phenols is 3. The number of rotatable bonds is 19. The van der Waals surface area contributed by atoms with Crippen LogP contribution in [0.25, 0.3) is 0 Å². The van der Waals surface area contributed by atoms with Crippen molar-refractivity contribution in [2.45, 2.75) is 57.4 Å².